The lowest BCUT2D eigenvalue weighted by molar-refractivity contribution is -0.148. The van der Waals surface area contributed by atoms with Crippen LogP contribution in [0.25, 0.3) is 0 Å². The van der Waals surface area contributed by atoms with E-state index in [0.29, 0.717) is 5.75 Å². The van der Waals surface area contributed by atoms with E-state index < -0.39 is 23.8 Å². The van der Waals surface area contributed by atoms with Crippen molar-refractivity contribution in [2.24, 2.45) is 0 Å². The van der Waals surface area contributed by atoms with E-state index in [1.807, 2.05) is 0 Å². The molecule has 0 fully saturated rings. The van der Waals surface area contributed by atoms with E-state index in [0.717, 1.165) is 9.80 Å². The van der Waals surface area contributed by atoms with E-state index >= 15 is 0 Å². The average molecular weight is 371 g/mol. The zero-order valence-corrected chi connectivity index (χ0v) is 14.9. The Labute approximate surface area is 149 Å². The normalized spacial score (nSPS) is 14.6. The van der Waals surface area contributed by atoms with Crippen molar-refractivity contribution < 1.29 is 29.1 Å². The van der Waals surface area contributed by atoms with Gasteiger partial charge in [0.2, 0.25) is 11.8 Å². The fraction of sp³-hybridized carbons (Fsp3) is 0.533. The number of aliphatic carboxylic acids is 1. The highest BCUT2D eigenvalue weighted by Crippen LogP contribution is 2.06. The number of hydrogen-bond acceptors (Lipinski definition) is 6. The molecule has 0 aromatic rings. The predicted molar refractivity (Wildman–Crippen MR) is 90.7 cm³/mol. The minimum Gasteiger partial charge on any atom is -0.480 e. The lowest BCUT2D eigenvalue weighted by Gasteiger charge is -2.21. The third kappa shape index (κ3) is 6.57. The van der Waals surface area contributed by atoms with Gasteiger partial charge in [0.05, 0.1) is 5.75 Å². The topological polar surface area (TPSA) is 124 Å². The monoisotopic (exact) mass is 371 g/mol. The second-order valence-electron chi connectivity index (χ2n) is 5.33. The van der Waals surface area contributed by atoms with Crippen LogP contribution >= 0.6 is 11.8 Å². The average Bonchev–Trinajstić information content (AvgIpc) is 2.88. The number of rotatable bonds is 10. The molecule has 0 aromatic carbocycles. The molecule has 2 N–H and O–H groups in total. The first-order valence-electron chi connectivity index (χ1n) is 7.60. The van der Waals surface area contributed by atoms with E-state index in [2.05, 4.69) is 5.32 Å². The maximum atomic E-state index is 11.8. The lowest BCUT2D eigenvalue weighted by Crippen LogP contribution is -2.40. The number of hydrogen-bond donors (Lipinski definition) is 2. The van der Waals surface area contributed by atoms with Crippen molar-refractivity contribution in [3.05, 3.63) is 12.2 Å². The highest BCUT2D eigenvalue weighted by atomic mass is 32.2. The Morgan fingerprint density at radius 3 is 2.44 bits per heavy atom. The molecule has 0 aromatic heterocycles. The molecular formula is C15H21N3O6S. The minimum atomic E-state index is -1.08. The standard InChI is InChI=1S/C15H21N3O6S/c1-10(15(23)24)17(2)12(20)5-8-25-9-11(19)16-6-7-18-13(21)3-4-14(18)22/h3-4,10H,5-9H2,1-2H3,(H,16,19)(H,23,24)/t10-/m0/s1. The van der Waals surface area contributed by atoms with Crippen LogP contribution in [0.5, 0.6) is 0 Å². The Balaban J connectivity index is 2.14. The van der Waals surface area contributed by atoms with Gasteiger partial charge in [-0.05, 0) is 6.92 Å². The molecule has 1 aliphatic heterocycles. The van der Waals surface area contributed by atoms with Crippen molar-refractivity contribution in [3.8, 4) is 0 Å². The summed E-state index contributed by atoms with van der Waals surface area (Å²) in [5, 5.41) is 11.4. The van der Waals surface area contributed by atoms with Crippen LogP contribution in [0.2, 0.25) is 0 Å². The van der Waals surface area contributed by atoms with Gasteiger partial charge in [0, 0.05) is 44.5 Å². The second kappa shape index (κ2) is 9.82. The molecule has 0 bridgehead atoms. The fourth-order valence-electron chi connectivity index (χ4n) is 1.89. The molecular weight excluding hydrogens is 350 g/mol. The third-order valence-electron chi connectivity index (χ3n) is 3.58. The lowest BCUT2D eigenvalue weighted by atomic mass is 10.3. The zero-order chi connectivity index (χ0) is 19.0. The molecule has 0 radical (unpaired) electrons. The van der Waals surface area contributed by atoms with Crippen LogP contribution in [-0.4, -0.2) is 82.2 Å². The minimum absolute atomic E-state index is 0.109. The summed E-state index contributed by atoms with van der Waals surface area (Å²) in [4.78, 5) is 59.0. The quantitative estimate of drug-likeness (QED) is 0.376. The number of imide groups is 1. The van der Waals surface area contributed by atoms with Gasteiger partial charge in [0.25, 0.3) is 11.8 Å². The maximum Gasteiger partial charge on any atom is 0.326 e. The van der Waals surface area contributed by atoms with Crippen LogP contribution in [0.15, 0.2) is 12.2 Å². The number of likely N-dealkylation sites (N-methyl/N-ethyl adjacent to an activating group) is 1. The van der Waals surface area contributed by atoms with Crippen LogP contribution in [0, 0.1) is 0 Å². The summed E-state index contributed by atoms with van der Waals surface area (Å²) in [6.45, 7) is 1.69. The van der Waals surface area contributed by atoms with Crippen LogP contribution in [0.3, 0.4) is 0 Å². The molecule has 1 aliphatic rings. The van der Waals surface area contributed by atoms with Gasteiger partial charge in [0.15, 0.2) is 0 Å². The van der Waals surface area contributed by atoms with Crippen LogP contribution in [0.1, 0.15) is 13.3 Å². The van der Waals surface area contributed by atoms with Crippen molar-refractivity contribution in [1.29, 1.82) is 0 Å². The first-order valence-corrected chi connectivity index (χ1v) is 8.76. The smallest absolute Gasteiger partial charge is 0.326 e. The largest absolute Gasteiger partial charge is 0.480 e. The number of amides is 4. The number of thioether (sulfide) groups is 1. The SMILES string of the molecule is C[C@@H](C(=O)O)N(C)C(=O)CCSCC(=O)NCCN1C(=O)C=CC1=O. The summed E-state index contributed by atoms with van der Waals surface area (Å²) >= 11 is 1.24. The van der Waals surface area contributed by atoms with E-state index in [9.17, 15) is 24.0 Å². The maximum absolute atomic E-state index is 11.8. The van der Waals surface area contributed by atoms with Crippen LogP contribution in [-0.2, 0) is 24.0 Å². The number of carboxylic acid groups (broad SMARTS) is 1. The molecule has 25 heavy (non-hydrogen) atoms. The number of carbonyl (C=O) groups is 5. The number of nitrogens with zero attached hydrogens (tertiary/aromatic N) is 2. The number of carbonyl (C=O) groups excluding carboxylic acids is 4. The fourth-order valence-corrected chi connectivity index (χ4v) is 2.64. The summed E-state index contributed by atoms with van der Waals surface area (Å²) in [5.41, 5.74) is 0. The summed E-state index contributed by atoms with van der Waals surface area (Å²) in [6.07, 6.45) is 2.49. The molecule has 1 rings (SSSR count). The molecule has 0 aliphatic carbocycles. The van der Waals surface area contributed by atoms with Crippen molar-refractivity contribution in [2.75, 3.05) is 31.6 Å². The molecule has 10 heteroatoms. The predicted octanol–water partition coefficient (Wildman–Crippen LogP) is -0.918. The van der Waals surface area contributed by atoms with Gasteiger partial charge in [-0.25, -0.2) is 4.79 Å². The Morgan fingerprint density at radius 1 is 1.28 bits per heavy atom. The molecule has 0 spiro atoms. The summed E-state index contributed by atoms with van der Waals surface area (Å²) in [7, 11) is 1.42. The second-order valence-corrected chi connectivity index (χ2v) is 6.44. The summed E-state index contributed by atoms with van der Waals surface area (Å²) < 4.78 is 0. The number of nitrogens with one attached hydrogen (secondary N) is 1. The first-order chi connectivity index (χ1) is 11.7. The Hall–Kier alpha value is -2.36. The Bertz CT molecular complexity index is 574. The zero-order valence-electron chi connectivity index (χ0n) is 14.1. The molecule has 4 amide bonds. The summed E-state index contributed by atoms with van der Waals surface area (Å²) in [5.74, 6) is -1.92. The van der Waals surface area contributed by atoms with Crippen LogP contribution in [0.4, 0.5) is 0 Å². The van der Waals surface area contributed by atoms with E-state index in [1.165, 1.54) is 37.9 Å². The van der Waals surface area contributed by atoms with E-state index in [-0.39, 0.29) is 37.1 Å². The molecule has 138 valence electrons. The van der Waals surface area contributed by atoms with Crippen LogP contribution < -0.4 is 5.32 Å². The van der Waals surface area contributed by atoms with Gasteiger partial charge < -0.3 is 15.3 Å². The highest BCUT2D eigenvalue weighted by molar-refractivity contribution is 7.99. The van der Waals surface area contributed by atoms with Gasteiger partial charge in [-0.1, -0.05) is 0 Å². The number of carboxylic acids is 1. The molecule has 0 saturated heterocycles. The molecule has 9 nitrogen and oxygen atoms in total. The van der Waals surface area contributed by atoms with Gasteiger partial charge in [-0.15, -0.1) is 0 Å². The molecule has 0 unspecified atom stereocenters. The molecule has 1 atom stereocenters. The first kappa shape index (κ1) is 20.7. The Kier molecular flexibility index (Phi) is 8.12. The molecule has 1 heterocycles. The van der Waals surface area contributed by atoms with Crippen molar-refractivity contribution in [1.82, 2.24) is 15.1 Å². The van der Waals surface area contributed by atoms with E-state index in [1.54, 1.807) is 0 Å². The Morgan fingerprint density at radius 2 is 1.88 bits per heavy atom. The molecule has 0 saturated carbocycles. The highest BCUT2D eigenvalue weighted by Gasteiger charge is 2.23. The van der Waals surface area contributed by atoms with Gasteiger partial charge >= 0.3 is 5.97 Å². The van der Waals surface area contributed by atoms with Gasteiger partial charge in [-0.2, -0.15) is 11.8 Å². The van der Waals surface area contributed by atoms with Gasteiger partial charge in [0.1, 0.15) is 6.04 Å². The summed E-state index contributed by atoms with van der Waals surface area (Å²) in [6, 6.07) is -0.897. The van der Waals surface area contributed by atoms with Crippen molar-refractivity contribution in [3.63, 3.8) is 0 Å². The van der Waals surface area contributed by atoms with E-state index in [4.69, 9.17) is 5.11 Å². The van der Waals surface area contributed by atoms with Crippen molar-refractivity contribution in [2.45, 2.75) is 19.4 Å². The van der Waals surface area contributed by atoms with Gasteiger partial charge in [-0.3, -0.25) is 24.1 Å². The van der Waals surface area contributed by atoms with Crippen molar-refractivity contribution >= 4 is 41.4 Å². The third-order valence-corrected chi connectivity index (χ3v) is 4.54.